The van der Waals surface area contributed by atoms with Crippen LogP contribution in [0, 0.1) is 6.92 Å². The first kappa shape index (κ1) is 13.6. The number of pyridine rings is 1. The summed E-state index contributed by atoms with van der Waals surface area (Å²) in [5.41, 5.74) is 5.90. The molecule has 96 valence electrons. The Morgan fingerprint density at radius 2 is 2.11 bits per heavy atom. The van der Waals surface area contributed by atoms with E-state index < -0.39 is 30.2 Å². The number of hydrogen-bond acceptors (Lipinski definition) is 4. The molecule has 0 unspecified atom stereocenters. The number of primary amides is 1. The number of carboxylic acids is 1. The molecule has 1 rings (SSSR count). The zero-order chi connectivity index (χ0) is 13.7. The van der Waals surface area contributed by atoms with Gasteiger partial charge in [-0.05, 0) is 18.6 Å². The van der Waals surface area contributed by atoms with E-state index in [2.05, 4.69) is 10.3 Å². The number of carbonyl (C=O) groups is 3. The van der Waals surface area contributed by atoms with Gasteiger partial charge in [0.25, 0.3) is 5.91 Å². The van der Waals surface area contributed by atoms with Gasteiger partial charge >= 0.3 is 5.97 Å². The van der Waals surface area contributed by atoms with Crippen LogP contribution in [-0.2, 0) is 9.59 Å². The minimum absolute atomic E-state index is 0.228. The number of carboxylic acid groups (broad SMARTS) is 1. The maximum absolute atomic E-state index is 11.7. The Kier molecular flexibility index (Phi) is 4.36. The molecule has 1 heterocycles. The molecule has 0 bridgehead atoms. The summed E-state index contributed by atoms with van der Waals surface area (Å²) in [4.78, 5) is 37.1. The third-order valence-electron chi connectivity index (χ3n) is 2.15. The molecule has 0 spiro atoms. The number of amides is 2. The molecule has 0 saturated heterocycles. The van der Waals surface area contributed by atoms with E-state index in [1.807, 2.05) is 0 Å². The van der Waals surface area contributed by atoms with Crippen LogP contribution in [0.5, 0.6) is 0 Å². The SMILES string of the molecule is Cc1cncc(C(=O)N[C@H](CC(N)=O)C(=O)O)c1. The van der Waals surface area contributed by atoms with Gasteiger partial charge in [0.1, 0.15) is 6.04 Å². The third kappa shape index (κ3) is 3.85. The van der Waals surface area contributed by atoms with E-state index in [-0.39, 0.29) is 5.56 Å². The normalized spacial score (nSPS) is 11.6. The molecule has 7 nitrogen and oxygen atoms in total. The largest absolute Gasteiger partial charge is 0.480 e. The lowest BCUT2D eigenvalue weighted by Crippen LogP contribution is -2.43. The summed E-state index contributed by atoms with van der Waals surface area (Å²) in [6.45, 7) is 1.75. The van der Waals surface area contributed by atoms with E-state index in [9.17, 15) is 14.4 Å². The van der Waals surface area contributed by atoms with Crippen LogP contribution >= 0.6 is 0 Å². The Morgan fingerprint density at radius 3 is 2.61 bits per heavy atom. The van der Waals surface area contributed by atoms with Crippen molar-refractivity contribution in [1.29, 1.82) is 0 Å². The lowest BCUT2D eigenvalue weighted by Gasteiger charge is -2.12. The van der Waals surface area contributed by atoms with Crippen molar-refractivity contribution in [2.24, 2.45) is 5.73 Å². The molecule has 1 aromatic rings. The monoisotopic (exact) mass is 251 g/mol. The molecular weight excluding hydrogens is 238 g/mol. The molecule has 0 saturated carbocycles. The fourth-order valence-corrected chi connectivity index (χ4v) is 1.32. The number of aromatic nitrogens is 1. The predicted octanol–water partition coefficient (Wildman–Crippen LogP) is -0.552. The molecule has 0 aliphatic heterocycles. The van der Waals surface area contributed by atoms with Crippen LogP contribution in [0.3, 0.4) is 0 Å². The number of nitrogens with two attached hydrogens (primary N) is 1. The highest BCUT2D eigenvalue weighted by molar-refractivity contribution is 5.97. The summed E-state index contributed by atoms with van der Waals surface area (Å²) < 4.78 is 0. The number of nitrogens with zero attached hydrogens (tertiary/aromatic N) is 1. The van der Waals surface area contributed by atoms with Crippen molar-refractivity contribution in [1.82, 2.24) is 10.3 Å². The van der Waals surface area contributed by atoms with Crippen molar-refractivity contribution in [2.75, 3.05) is 0 Å². The van der Waals surface area contributed by atoms with E-state index >= 15 is 0 Å². The minimum atomic E-state index is -1.34. The molecule has 7 heteroatoms. The van der Waals surface area contributed by atoms with Gasteiger partial charge in [-0.25, -0.2) is 4.79 Å². The number of nitrogens with one attached hydrogen (secondary N) is 1. The Labute approximate surface area is 103 Å². The van der Waals surface area contributed by atoms with Gasteiger partial charge in [0.2, 0.25) is 5.91 Å². The molecule has 0 aliphatic carbocycles. The van der Waals surface area contributed by atoms with Crippen LogP contribution in [0.4, 0.5) is 0 Å². The van der Waals surface area contributed by atoms with Crippen LogP contribution < -0.4 is 11.1 Å². The number of carbonyl (C=O) groups excluding carboxylic acids is 2. The van der Waals surface area contributed by atoms with Crippen molar-refractivity contribution in [3.63, 3.8) is 0 Å². The topological polar surface area (TPSA) is 122 Å². The van der Waals surface area contributed by atoms with E-state index in [0.29, 0.717) is 0 Å². The van der Waals surface area contributed by atoms with Crippen molar-refractivity contribution in [3.8, 4) is 0 Å². The molecule has 2 amide bonds. The first-order valence-electron chi connectivity index (χ1n) is 5.13. The van der Waals surface area contributed by atoms with Gasteiger partial charge in [0.05, 0.1) is 12.0 Å². The summed E-state index contributed by atoms with van der Waals surface area (Å²) in [5, 5.41) is 11.0. The van der Waals surface area contributed by atoms with Crippen LogP contribution in [0.25, 0.3) is 0 Å². The van der Waals surface area contributed by atoms with Crippen molar-refractivity contribution in [3.05, 3.63) is 29.6 Å². The highest BCUT2D eigenvalue weighted by Gasteiger charge is 2.22. The third-order valence-corrected chi connectivity index (χ3v) is 2.15. The molecule has 4 N–H and O–H groups in total. The van der Waals surface area contributed by atoms with Gasteiger partial charge in [-0.15, -0.1) is 0 Å². The lowest BCUT2D eigenvalue weighted by atomic mass is 10.1. The second-order valence-electron chi connectivity index (χ2n) is 3.79. The van der Waals surface area contributed by atoms with Crippen LogP contribution in [0.2, 0.25) is 0 Å². The number of aryl methyl sites for hydroxylation is 1. The summed E-state index contributed by atoms with van der Waals surface area (Å²) in [5.74, 6) is -2.73. The average molecular weight is 251 g/mol. The number of hydrogen-bond donors (Lipinski definition) is 3. The molecule has 0 radical (unpaired) electrons. The van der Waals surface area contributed by atoms with E-state index in [1.54, 1.807) is 19.2 Å². The smallest absolute Gasteiger partial charge is 0.326 e. The first-order chi connectivity index (χ1) is 8.40. The minimum Gasteiger partial charge on any atom is -0.480 e. The lowest BCUT2D eigenvalue weighted by molar-refractivity contribution is -0.140. The standard InChI is InChI=1S/C11H13N3O4/c1-6-2-7(5-13-4-6)10(16)14-8(11(17)18)3-9(12)15/h2,4-5,8H,3H2,1H3,(H2,12,15)(H,14,16)(H,17,18)/t8-/m1/s1. The Hall–Kier alpha value is -2.44. The maximum Gasteiger partial charge on any atom is 0.326 e. The number of aliphatic carboxylic acids is 1. The fourth-order valence-electron chi connectivity index (χ4n) is 1.32. The van der Waals surface area contributed by atoms with Gasteiger partial charge in [0, 0.05) is 12.4 Å². The van der Waals surface area contributed by atoms with Crippen molar-refractivity contribution in [2.45, 2.75) is 19.4 Å². The summed E-state index contributed by atoms with van der Waals surface area (Å²) in [6.07, 6.45) is 2.42. The maximum atomic E-state index is 11.7. The van der Waals surface area contributed by atoms with E-state index in [1.165, 1.54) is 6.20 Å². The Bertz CT molecular complexity index is 487. The van der Waals surface area contributed by atoms with Gasteiger partial charge in [-0.1, -0.05) is 0 Å². The molecule has 0 aromatic carbocycles. The molecule has 0 aliphatic rings. The number of rotatable bonds is 5. The average Bonchev–Trinajstić information content (AvgIpc) is 2.27. The molecule has 1 aromatic heterocycles. The molecular formula is C11H13N3O4. The van der Waals surface area contributed by atoms with Gasteiger partial charge in [-0.2, -0.15) is 0 Å². The van der Waals surface area contributed by atoms with Crippen LogP contribution in [-0.4, -0.2) is 33.9 Å². The molecule has 1 atom stereocenters. The van der Waals surface area contributed by atoms with Gasteiger partial charge in [-0.3, -0.25) is 14.6 Å². The Balaban J connectivity index is 2.78. The van der Waals surface area contributed by atoms with Crippen LogP contribution in [0.15, 0.2) is 18.5 Å². The molecule has 18 heavy (non-hydrogen) atoms. The van der Waals surface area contributed by atoms with Crippen molar-refractivity contribution >= 4 is 17.8 Å². The quantitative estimate of drug-likeness (QED) is 0.648. The second-order valence-corrected chi connectivity index (χ2v) is 3.79. The fraction of sp³-hybridized carbons (Fsp3) is 0.273. The summed E-state index contributed by atoms with van der Waals surface area (Å²) >= 11 is 0. The first-order valence-corrected chi connectivity index (χ1v) is 5.13. The zero-order valence-electron chi connectivity index (χ0n) is 9.71. The molecule has 0 fully saturated rings. The van der Waals surface area contributed by atoms with Gasteiger partial charge in [0.15, 0.2) is 0 Å². The van der Waals surface area contributed by atoms with E-state index in [4.69, 9.17) is 10.8 Å². The zero-order valence-corrected chi connectivity index (χ0v) is 9.71. The van der Waals surface area contributed by atoms with E-state index in [0.717, 1.165) is 5.56 Å². The van der Waals surface area contributed by atoms with Crippen LogP contribution in [0.1, 0.15) is 22.3 Å². The summed E-state index contributed by atoms with van der Waals surface area (Å²) in [6, 6.07) is 0.224. The highest BCUT2D eigenvalue weighted by Crippen LogP contribution is 2.02. The Morgan fingerprint density at radius 1 is 1.44 bits per heavy atom. The highest BCUT2D eigenvalue weighted by atomic mass is 16.4. The van der Waals surface area contributed by atoms with Gasteiger partial charge < -0.3 is 16.2 Å². The predicted molar refractivity (Wildman–Crippen MR) is 61.7 cm³/mol. The second kappa shape index (κ2) is 5.76. The van der Waals surface area contributed by atoms with Crippen molar-refractivity contribution < 1.29 is 19.5 Å². The summed E-state index contributed by atoms with van der Waals surface area (Å²) in [7, 11) is 0.